The maximum atomic E-state index is 5.80. The van der Waals surface area contributed by atoms with Crippen LogP contribution in [0.3, 0.4) is 0 Å². The van der Waals surface area contributed by atoms with Crippen LogP contribution in [0.1, 0.15) is 37.3 Å². The molecule has 3 N–H and O–H groups in total. The lowest BCUT2D eigenvalue weighted by Gasteiger charge is -2.36. The molecule has 1 atom stereocenters. The zero-order valence-corrected chi connectivity index (χ0v) is 11.1. The van der Waals surface area contributed by atoms with Crippen LogP contribution in [0.4, 0.5) is 0 Å². The van der Waals surface area contributed by atoms with Crippen molar-refractivity contribution in [2.24, 2.45) is 5.84 Å². The van der Waals surface area contributed by atoms with Crippen molar-refractivity contribution in [2.75, 3.05) is 14.2 Å². The van der Waals surface area contributed by atoms with Gasteiger partial charge in [-0.2, -0.15) is 0 Å². The van der Waals surface area contributed by atoms with E-state index < -0.39 is 0 Å². The highest BCUT2D eigenvalue weighted by Gasteiger charge is 2.42. The number of hydrogen-bond acceptors (Lipinski definition) is 4. The molecule has 0 aliphatic heterocycles. The molecule has 1 unspecified atom stereocenters. The molecule has 1 fully saturated rings. The van der Waals surface area contributed by atoms with Crippen molar-refractivity contribution < 1.29 is 9.47 Å². The molecule has 4 nitrogen and oxygen atoms in total. The number of nitrogens with two attached hydrogens (primary N) is 1. The summed E-state index contributed by atoms with van der Waals surface area (Å²) in [6.45, 7) is 0. The van der Waals surface area contributed by atoms with Gasteiger partial charge < -0.3 is 9.47 Å². The molecule has 0 heterocycles. The van der Waals surface area contributed by atoms with Crippen LogP contribution in [0.5, 0.6) is 5.75 Å². The maximum Gasteiger partial charge on any atom is 0.119 e. The van der Waals surface area contributed by atoms with Gasteiger partial charge in [-0.3, -0.25) is 11.3 Å². The molecule has 100 valence electrons. The fourth-order valence-electron chi connectivity index (χ4n) is 2.96. The minimum atomic E-state index is -0.193. The van der Waals surface area contributed by atoms with E-state index >= 15 is 0 Å². The molecule has 0 spiro atoms. The molecule has 1 aromatic carbocycles. The highest BCUT2D eigenvalue weighted by atomic mass is 16.5. The van der Waals surface area contributed by atoms with Crippen molar-refractivity contribution in [1.29, 1.82) is 0 Å². The Morgan fingerprint density at radius 3 is 2.56 bits per heavy atom. The summed E-state index contributed by atoms with van der Waals surface area (Å²) in [6, 6.07) is 8.00. The molecule has 2 rings (SSSR count). The number of hydrogen-bond donors (Lipinski definition) is 2. The summed E-state index contributed by atoms with van der Waals surface area (Å²) in [6.07, 6.45) is 4.46. The normalized spacial score (nSPS) is 19.7. The van der Waals surface area contributed by atoms with E-state index in [9.17, 15) is 0 Å². The molecule has 1 saturated carbocycles. The smallest absolute Gasteiger partial charge is 0.119 e. The number of ether oxygens (including phenoxy) is 2. The van der Waals surface area contributed by atoms with Crippen molar-refractivity contribution in [3.63, 3.8) is 0 Å². The Morgan fingerprint density at radius 1 is 1.28 bits per heavy atom. The maximum absolute atomic E-state index is 5.80. The molecule has 0 aromatic heterocycles. The lowest BCUT2D eigenvalue weighted by atomic mass is 9.87. The summed E-state index contributed by atoms with van der Waals surface area (Å²) < 4.78 is 11.1. The van der Waals surface area contributed by atoms with E-state index in [2.05, 4.69) is 11.5 Å². The van der Waals surface area contributed by atoms with Gasteiger partial charge in [0.25, 0.3) is 0 Å². The predicted molar refractivity (Wildman–Crippen MR) is 71.3 cm³/mol. The van der Waals surface area contributed by atoms with Gasteiger partial charge in [-0.25, -0.2) is 0 Å². The molecule has 4 heteroatoms. The van der Waals surface area contributed by atoms with Crippen LogP contribution >= 0.6 is 0 Å². The molecular weight excluding hydrogens is 228 g/mol. The van der Waals surface area contributed by atoms with Crippen LogP contribution in [0, 0.1) is 0 Å². The van der Waals surface area contributed by atoms with Gasteiger partial charge in [0, 0.05) is 7.11 Å². The average molecular weight is 250 g/mol. The molecule has 0 bridgehead atoms. The lowest BCUT2D eigenvalue weighted by Crippen LogP contribution is -2.46. The topological polar surface area (TPSA) is 56.5 Å². The number of hydrazine groups is 1. The predicted octanol–water partition coefficient (Wildman–Crippen LogP) is 2.16. The van der Waals surface area contributed by atoms with Crippen LogP contribution in [0.2, 0.25) is 0 Å². The van der Waals surface area contributed by atoms with Gasteiger partial charge in [0.05, 0.1) is 18.8 Å². The Bertz CT molecular complexity index is 389. The highest BCUT2D eigenvalue weighted by Crippen LogP contribution is 2.42. The standard InChI is InChI=1S/C14H22N2O2/c1-17-12-7-5-6-11(10-12)13(16-15)14(18-2)8-3-4-9-14/h5-7,10,13,16H,3-4,8-9,15H2,1-2H3. The lowest BCUT2D eigenvalue weighted by molar-refractivity contribution is -0.0369. The number of rotatable bonds is 5. The Morgan fingerprint density at radius 2 is 2.00 bits per heavy atom. The van der Waals surface area contributed by atoms with Gasteiger partial charge in [-0.05, 0) is 30.5 Å². The van der Waals surface area contributed by atoms with E-state index in [4.69, 9.17) is 15.3 Å². The van der Waals surface area contributed by atoms with Gasteiger partial charge in [0.15, 0.2) is 0 Å². The zero-order valence-electron chi connectivity index (χ0n) is 11.1. The molecule has 1 aliphatic rings. The van der Waals surface area contributed by atoms with E-state index in [0.29, 0.717) is 0 Å². The minimum Gasteiger partial charge on any atom is -0.497 e. The van der Waals surface area contributed by atoms with Crippen molar-refractivity contribution in [2.45, 2.75) is 37.3 Å². The van der Waals surface area contributed by atoms with Gasteiger partial charge >= 0.3 is 0 Å². The molecular formula is C14H22N2O2. The molecule has 0 amide bonds. The second-order valence-corrected chi connectivity index (χ2v) is 4.85. The van der Waals surface area contributed by atoms with Crippen molar-refractivity contribution >= 4 is 0 Å². The average Bonchev–Trinajstić information content (AvgIpc) is 2.90. The second kappa shape index (κ2) is 5.69. The summed E-state index contributed by atoms with van der Waals surface area (Å²) in [7, 11) is 3.45. The number of benzene rings is 1. The SMILES string of the molecule is COc1cccc(C(NN)C2(OC)CCCC2)c1. The molecule has 0 saturated heterocycles. The summed E-state index contributed by atoms with van der Waals surface area (Å²) in [5.74, 6) is 6.61. The Kier molecular flexibility index (Phi) is 4.22. The van der Waals surface area contributed by atoms with Gasteiger partial charge in [-0.1, -0.05) is 25.0 Å². The van der Waals surface area contributed by atoms with E-state index in [-0.39, 0.29) is 11.6 Å². The van der Waals surface area contributed by atoms with Crippen LogP contribution in [-0.4, -0.2) is 19.8 Å². The number of methoxy groups -OCH3 is 2. The Balaban J connectivity index is 2.31. The van der Waals surface area contributed by atoms with Gasteiger partial charge in [0.1, 0.15) is 5.75 Å². The molecule has 0 radical (unpaired) electrons. The third-order valence-corrected chi connectivity index (χ3v) is 3.98. The Hall–Kier alpha value is -1.10. The van der Waals surface area contributed by atoms with Crippen LogP contribution < -0.4 is 16.0 Å². The third kappa shape index (κ3) is 2.36. The quantitative estimate of drug-likeness (QED) is 0.621. The van der Waals surface area contributed by atoms with Crippen molar-refractivity contribution in [3.05, 3.63) is 29.8 Å². The van der Waals surface area contributed by atoms with Crippen molar-refractivity contribution in [3.8, 4) is 5.75 Å². The first kappa shape index (κ1) is 13.3. The number of nitrogens with one attached hydrogen (secondary N) is 1. The van der Waals surface area contributed by atoms with Crippen LogP contribution in [0.15, 0.2) is 24.3 Å². The summed E-state index contributed by atoms with van der Waals surface area (Å²) in [5.41, 5.74) is 3.84. The summed E-state index contributed by atoms with van der Waals surface area (Å²) >= 11 is 0. The minimum absolute atomic E-state index is 0.0000926. The first-order chi connectivity index (χ1) is 8.75. The Labute approximate surface area is 108 Å². The molecule has 1 aliphatic carbocycles. The first-order valence-electron chi connectivity index (χ1n) is 6.41. The molecule has 18 heavy (non-hydrogen) atoms. The first-order valence-corrected chi connectivity index (χ1v) is 6.41. The largest absolute Gasteiger partial charge is 0.497 e. The fourth-order valence-corrected chi connectivity index (χ4v) is 2.96. The van der Waals surface area contributed by atoms with Gasteiger partial charge in [0.2, 0.25) is 0 Å². The second-order valence-electron chi connectivity index (χ2n) is 4.85. The van der Waals surface area contributed by atoms with E-state index in [1.165, 1.54) is 12.8 Å². The van der Waals surface area contributed by atoms with Crippen LogP contribution in [0.25, 0.3) is 0 Å². The van der Waals surface area contributed by atoms with E-state index in [1.54, 1.807) is 14.2 Å². The van der Waals surface area contributed by atoms with Crippen molar-refractivity contribution in [1.82, 2.24) is 5.43 Å². The monoisotopic (exact) mass is 250 g/mol. The zero-order chi connectivity index (χ0) is 13.0. The fraction of sp³-hybridized carbons (Fsp3) is 0.571. The third-order valence-electron chi connectivity index (χ3n) is 3.98. The highest BCUT2D eigenvalue weighted by molar-refractivity contribution is 5.32. The molecule has 1 aromatic rings. The summed E-state index contributed by atoms with van der Waals surface area (Å²) in [5, 5.41) is 0. The summed E-state index contributed by atoms with van der Waals surface area (Å²) in [4.78, 5) is 0. The van der Waals surface area contributed by atoms with E-state index in [1.807, 2.05) is 18.2 Å². The van der Waals surface area contributed by atoms with Crippen LogP contribution in [-0.2, 0) is 4.74 Å². The van der Waals surface area contributed by atoms with E-state index in [0.717, 1.165) is 24.2 Å². The van der Waals surface area contributed by atoms with Gasteiger partial charge in [-0.15, -0.1) is 0 Å².